The van der Waals surface area contributed by atoms with E-state index in [1.807, 2.05) is 0 Å². The molecule has 0 aromatic carbocycles. The van der Waals surface area contributed by atoms with E-state index >= 15 is 0 Å². The van der Waals surface area contributed by atoms with Crippen molar-refractivity contribution in [3.05, 3.63) is 23.7 Å². The van der Waals surface area contributed by atoms with Crippen LogP contribution in [0.1, 0.15) is 29.3 Å². The maximum atomic E-state index is 11.4. The number of rotatable bonds is 4. The molecule has 1 saturated heterocycles. The molecule has 2 heterocycles. The van der Waals surface area contributed by atoms with Crippen molar-refractivity contribution in [2.45, 2.75) is 31.3 Å². The minimum Gasteiger partial charge on any atom is -0.460 e. The lowest BCUT2D eigenvalue weighted by Gasteiger charge is -2.11. The molecule has 7 nitrogen and oxygen atoms in total. The molecule has 106 valence electrons. The Hall–Kier alpha value is -1.41. The van der Waals surface area contributed by atoms with Gasteiger partial charge in [-0.1, -0.05) is 0 Å². The normalized spacial score (nSPS) is 30.5. The molecule has 0 radical (unpaired) electrons. The van der Waals surface area contributed by atoms with Crippen LogP contribution in [0, 0.1) is 0 Å². The van der Waals surface area contributed by atoms with Crippen molar-refractivity contribution in [2.75, 3.05) is 13.2 Å². The molecule has 3 N–H and O–H groups in total. The average molecular weight is 272 g/mol. The summed E-state index contributed by atoms with van der Waals surface area (Å²) in [7, 11) is 0. The Morgan fingerprint density at radius 3 is 2.68 bits per heavy atom. The van der Waals surface area contributed by atoms with Crippen molar-refractivity contribution < 1.29 is 34.0 Å². The lowest BCUT2D eigenvalue weighted by molar-refractivity contribution is -0.0294. The topological polar surface area (TPSA) is 109 Å². The molecular weight excluding hydrogens is 256 g/mol. The van der Waals surface area contributed by atoms with E-state index in [4.69, 9.17) is 19.0 Å². The molecule has 0 spiro atoms. The molecular formula is C12H16O7. The molecule has 1 aliphatic rings. The standard InChI is InChI=1S/C12H16O7/c1-2-17-12(16)7-4-3-6(18-7)11-10(15)9(14)8(5-13)19-11/h3-4,8-11,13-15H,2,5H2,1H3/t8-,9-,10-,11+/m1/s1. The highest BCUT2D eigenvalue weighted by Gasteiger charge is 2.44. The van der Waals surface area contributed by atoms with Gasteiger partial charge in [-0.2, -0.15) is 0 Å². The van der Waals surface area contributed by atoms with Crippen molar-refractivity contribution in [2.24, 2.45) is 0 Å². The van der Waals surface area contributed by atoms with Crippen molar-refractivity contribution in [3.8, 4) is 0 Å². The van der Waals surface area contributed by atoms with E-state index in [1.54, 1.807) is 6.92 Å². The van der Waals surface area contributed by atoms with Crippen LogP contribution in [0.2, 0.25) is 0 Å². The molecule has 4 atom stereocenters. The van der Waals surface area contributed by atoms with Gasteiger partial charge in [-0.3, -0.25) is 0 Å². The molecule has 0 bridgehead atoms. The highest BCUT2D eigenvalue weighted by Crippen LogP contribution is 2.34. The third-order valence-corrected chi connectivity index (χ3v) is 2.93. The second kappa shape index (κ2) is 5.70. The van der Waals surface area contributed by atoms with Gasteiger partial charge in [-0.25, -0.2) is 4.79 Å². The molecule has 0 saturated carbocycles. The molecule has 1 fully saturated rings. The third-order valence-electron chi connectivity index (χ3n) is 2.93. The van der Waals surface area contributed by atoms with Gasteiger partial charge in [0.05, 0.1) is 13.2 Å². The predicted octanol–water partition coefficient (Wildman–Crippen LogP) is -0.390. The Balaban J connectivity index is 2.13. The van der Waals surface area contributed by atoms with Crippen LogP contribution in [0.4, 0.5) is 0 Å². The van der Waals surface area contributed by atoms with Crippen LogP contribution in [0.5, 0.6) is 0 Å². The summed E-state index contributed by atoms with van der Waals surface area (Å²) in [4.78, 5) is 11.4. The van der Waals surface area contributed by atoms with Crippen molar-refractivity contribution in [3.63, 3.8) is 0 Å². The molecule has 2 rings (SSSR count). The monoisotopic (exact) mass is 272 g/mol. The molecule has 19 heavy (non-hydrogen) atoms. The first-order valence-corrected chi connectivity index (χ1v) is 5.97. The lowest BCUT2D eigenvalue weighted by atomic mass is 10.1. The lowest BCUT2D eigenvalue weighted by Crippen LogP contribution is -2.32. The Morgan fingerprint density at radius 2 is 2.11 bits per heavy atom. The summed E-state index contributed by atoms with van der Waals surface area (Å²) in [6, 6.07) is 2.87. The van der Waals surface area contributed by atoms with Crippen molar-refractivity contribution >= 4 is 5.97 Å². The number of hydrogen-bond acceptors (Lipinski definition) is 7. The summed E-state index contributed by atoms with van der Waals surface area (Å²) in [5.41, 5.74) is 0. The smallest absolute Gasteiger partial charge is 0.374 e. The number of ether oxygens (including phenoxy) is 2. The number of carbonyl (C=O) groups is 1. The molecule has 0 amide bonds. The number of aliphatic hydroxyl groups excluding tert-OH is 3. The molecule has 1 aromatic rings. The Bertz CT molecular complexity index is 441. The maximum Gasteiger partial charge on any atom is 0.374 e. The van der Waals surface area contributed by atoms with Crippen LogP contribution in [-0.2, 0) is 9.47 Å². The second-order valence-corrected chi connectivity index (χ2v) is 4.18. The van der Waals surface area contributed by atoms with Gasteiger partial charge < -0.3 is 29.2 Å². The van der Waals surface area contributed by atoms with Crippen molar-refractivity contribution in [1.29, 1.82) is 0 Å². The van der Waals surface area contributed by atoms with Crippen LogP contribution < -0.4 is 0 Å². The zero-order valence-corrected chi connectivity index (χ0v) is 10.4. The maximum absolute atomic E-state index is 11.4. The zero-order valence-electron chi connectivity index (χ0n) is 10.4. The molecule has 1 aromatic heterocycles. The van der Waals surface area contributed by atoms with Gasteiger partial charge in [-0.05, 0) is 19.1 Å². The van der Waals surface area contributed by atoms with Crippen LogP contribution in [-0.4, -0.2) is 52.8 Å². The number of aliphatic hydroxyl groups is 3. The van der Waals surface area contributed by atoms with E-state index in [1.165, 1.54) is 12.1 Å². The number of furan rings is 1. The first-order valence-electron chi connectivity index (χ1n) is 5.97. The fourth-order valence-corrected chi connectivity index (χ4v) is 1.95. The first-order chi connectivity index (χ1) is 9.08. The largest absolute Gasteiger partial charge is 0.460 e. The summed E-state index contributed by atoms with van der Waals surface area (Å²) < 4.78 is 15.3. The highest BCUT2D eigenvalue weighted by molar-refractivity contribution is 5.86. The fourth-order valence-electron chi connectivity index (χ4n) is 1.95. The van der Waals surface area contributed by atoms with Gasteiger partial charge in [0.15, 0.2) is 0 Å². The van der Waals surface area contributed by atoms with Crippen molar-refractivity contribution in [1.82, 2.24) is 0 Å². The minimum absolute atomic E-state index is 0.00501. The Labute approximate surface area is 109 Å². The summed E-state index contributed by atoms with van der Waals surface area (Å²) in [6.07, 6.45) is -4.23. The Kier molecular flexibility index (Phi) is 4.20. The quantitative estimate of drug-likeness (QED) is 0.640. The van der Waals surface area contributed by atoms with Crippen LogP contribution in [0.25, 0.3) is 0 Å². The molecule has 0 aliphatic carbocycles. The van der Waals surface area contributed by atoms with E-state index in [2.05, 4.69) is 0 Å². The zero-order chi connectivity index (χ0) is 14.0. The van der Waals surface area contributed by atoms with Gasteiger partial charge >= 0.3 is 5.97 Å². The summed E-state index contributed by atoms with van der Waals surface area (Å²) in [6.45, 7) is 1.48. The van der Waals surface area contributed by atoms with E-state index in [-0.39, 0.29) is 18.1 Å². The third kappa shape index (κ3) is 2.64. The first kappa shape index (κ1) is 14.0. The molecule has 1 aliphatic heterocycles. The summed E-state index contributed by atoms with van der Waals surface area (Å²) in [5.74, 6) is -0.416. The van der Waals surface area contributed by atoms with Crippen LogP contribution >= 0.6 is 0 Å². The highest BCUT2D eigenvalue weighted by atomic mass is 16.6. The van der Waals surface area contributed by atoms with Crippen LogP contribution in [0.15, 0.2) is 16.5 Å². The van der Waals surface area contributed by atoms with Gasteiger partial charge in [0, 0.05) is 0 Å². The number of hydrogen-bond donors (Lipinski definition) is 3. The van der Waals surface area contributed by atoms with E-state index in [0.717, 1.165) is 0 Å². The fraction of sp³-hybridized carbons (Fsp3) is 0.583. The SMILES string of the molecule is CCOC(=O)c1ccc([C@@H]2O[C@H](CO)[C@@H](O)[C@H]2O)o1. The van der Waals surface area contributed by atoms with Gasteiger partial charge in [-0.15, -0.1) is 0 Å². The second-order valence-electron chi connectivity index (χ2n) is 4.18. The van der Waals surface area contributed by atoms with Gasteiger partial charge in [0.2, 0.25) is 5.76 Å². The Morgan fingerprint density at radius 1 is 1.37 bits per heavy atom. The van der Waals surface area contributed by atoms with Gasteiger partial charge in [0.25, 0.3) is 0 Å². The molecule has 0 unspecified atom stereocenters. The summed E-state index contributed by atoms with van der Waals surface area (Å²) in [5, 5.41) is 28.4. The molecule has 7 heteroatoms. The van der Waals surface area contributed by atoms with Crippen LogP contribution in [0.3, 0.4) is 0 Å². The van der Waals surface area contributed by atoms with Gasteiger partial charge in [0.1, 0.15) is 30.2 Å². The summed E-state index contributed by atoms with van der Waals surface area (Å²) >= 11 is 0. The number of esters is 1. The average Bonchev–Trinajstić information content (AvgIpc) is 2.97. The number of carbonyl (C=O) groups excluding carboxylic acids is 1. The van der Waals surface area contributed by atoms with E-state index in [0.29, 0.717) is 0 Å². The van der Waals surface area contributed by atoms with E-state index < -0.39 is 37.0 Å². The van der Waals surface area contributed by atoms with E-state index in [9.17, 15) is 15.0 Å². The predicted molar refractivity (Wildman–Crippen MR) is 61.4 cm³/mol. The minimum atomic E-state index is -1.22.